The van der Waals surface area contributed by atoms with Gasteiger partial charge in [-0.25, -0.2) is 0 Å². The quantitative estimate of drug-likeness (QED) is 0.0142. The second-order valence-electron chi connectivity index (χ2n) is 31.4. The van der Waals surface area contributed by atoms with E-state index in [1.54, 1.807) is 107 Å². The number of benzene rings is 3. The molecular weight excluding hydrogens is 1660 g/mol. The van der Waals surface area contributed by atoms with E-state index in [1.165, 1.54) is 32.9 Å². The van der Waals surface area contributed by atoms with Crippen molar-refractivity contribution < 1.29 is 112 Å². The third-order valence-electron chi connectivity index (χ3n) is 19.6. The molecule has 3 rings (SSSR count). The summed E-state index contributed by atoms with van der Waals surface area (Å²) in [4.78, 5) is 246. The Morgan fingerprint density at radius 3 is 1.04 bits per heavy atom. The second kappa shape index (κ2) is 57.7. The van der Waals surface area contributed by atoms with Crippen LogP contribution in [0.4, 0.5) is 0 Å². The van der Waals surface area contributed by atoms with Gasteiger partial charge in [0.05, 0.1) is 32.8 Å². The van der Waals surface area contributed by atoms with Gasteiger partial charge in [-0.2, -0.15) is 0 Å². The maximum atomic E-state index is 15.0. The van der Waals surface area contributed by atoms with Gasteiger partial charge in [0.2, 0.25) is 94.5 Å². The van der Waals surface area contributed by atoms with Crippen LogP contribution in [-0.2, 0) is 106 Å². The van der Waals surface area contributed by atoms with Crippen molar-refractivity contribution in [1.82, 2.24) is 85.1 Å². The molecule has 30 N–H and O–H groups in total. The molecule has 0 bridgehead atoms. The van der Waals surface area contributed by atoms with Crippen LogP contribution in [0.3, 0.4) is 0 Å². The fourth-order valence-electron chi connectivity index (χ4n) is 12.8. The van der Waals surface area contributed by atoms with Crippen LogP contribution in [0.5, 0.6) is 0 Å². The predicted molar refractivity (Wildman–Crippen MR) is 460 cm³/mol. The minimum Gasteiger partial charge on any atom is -0.481 e. The zero-order chi connectivity index (χ0) is 95.0. The summed E-state index contributed by atoms with van der Waals surface area (Å²) in [6.07, 6.45) is -2.09. The van der Waals surface area contributed by atoms with E-state index >= 15 is 0 Å². The molecule has 127 heavy (non-hydrogen) atoms. The van der Waals surface area contributed by atoms with Gasteiger partial charge in [0.25, 0.3) is 0 Å². The fraction of sp³-hybridized carbons (Fsp3) is 0.554. The lowest BCUT2D eigenvalue weighted by Crippen LogP contribution is -2.61. The van der Waals surface area contributed by atoms with Gasteiger partial charge in [0, 0.05) is 39.2 Å². The molecule has 44 nitrogen and oxygen atoms in total. The van der Waals surface area contributed by atoms with Gasteiger partial charge < -0.3 is 134 Å². The second-order valence-corrected chi connectivity index (χ2v) is 31.4. The molecule has 0 aromatic heterocycles. The number of aliphatic hydroxyl groups excluding tert-OH is 3. The molecule has 0 aliphatic heterocycles. The van der Waals surface area contributed by atoms with Crippen molar-refractivity contribution >= 4 is 112 Å². The molecule has 3 aromatic rings. The molecule has 0 aliphatic carbocycles. The topological polar surface area (TPSA) is 729 Å². The Hall–Kier alpha value is -12.8. The zero-order valence-electron chi connectivity index (χ0n) is 72.4. The smallest absolute Gasteiger partial charge is 0.305 e. The van der Waals surface area contributed by atoms with E-state index in [0.717, 1.165) is 0 Å². The van der Waals surface area contributed by atoms with Gasteiger partial charge in [0.15, 0.2) is 5.96 Å². The zero-order valence-corrected chi connectivity index (χ0v) is 72.4. The number of amides is 16. The highest BCUT2D eigenvalue weighted by Crippen LogP contribution is 2.16. The summed E-state index contributed by atoms with van der Waals surface area (Å²) in [5.41, 5.74) is 23.8. The molecule has 0 fully saturated rings. The van der Waals surface area contributed by atoms with Crippen molar-refractivity contribution in [3.63, 3.8) is 0 Å². The van der Waals surface area contributed by atoms with E-state index in [2.05, 4.69) is 85.1 Å². The normalized spacial score (nSPS) is 14.4. The number of nitrogens with one attached hydrogen (secondary N) is 17. The van der Waals surface area contributed by atoms with Crippen LogP contribution >= 0.6 is 0 Å². The molecule has 0 radical (unpaired) electrons. The lowest BCUT2D eigenvalue weighted by atomic mass is 10.00. The van der Waals surface area contributed by atoms with Gasteiger partial charge in [-0.05, 0) is 112 Å². The Labute approximate surface area is 735 Å². The Kier molecular flexibility index (Phi) is 49.2. The number of primary amides is 1. The number of carbonyl (C=O) groups excluding carboxylic acids is 16. The first-order valence-corrected chi connectivity index (χ1v) is 41.8. The molecule has 0 spiro atoms. The highest BCUT2D eigenvalue weighted by Gasteiger charge is 2.39. The van der Waals surface area contributed by atoms with Crippen LogP contribution in [0.15, 0.2) is 91.0 Å². The first-order chi connectivity index (χ1) is 60.1. The number of aliphatic hydroxyl groups is 3. The first kappa shape index (κ1) is 108. The van der Waals surface area contributed by atoms with Gasteiger partial charge in [-0.3, -0.25) is 91.7 Å². The van der Waals surface area contributed by atoms with E-state index < -0.39 is 254 Å². The van der Waals surface area contributed by atoms with Gasteiger partial charge in [-0.15, -0.1) is 0 Å². The Bertz CT molecular complexity index is 4150. The number of rotatable bonds is 60. The molecule has 0 saturated heterocycles. The van der Waals surface area contributed by atoms with Crippen molar-refractivity contribution in [2.75, 3.05) is 46.0 Å². The van der Waals surface area contributed by atoms with Crippen molar-refractivity contribution in [2.45, 2.75) is 229 Å². The number of hydrogen-bond donors (Lipinski definition) is 26. The molecular formula is C83H127N21O23. The fourth-order valence-corrected chi connectivity index (χ4v) is 12.8. The first-order valence-electron chi connectivity index (χ1n) is 41.8. The highest BCUT2D eigenvalue weighted by molar-refractivity contribution is 6.01. The third-order valence-corrected chi connectivity index (χ3v) is 19.6. The van der Waals surface area contributed by atoms with Crippen molar-refractivity contribution in [1.29, 1.82) is 5.41 Å². The van der Waals surface area contributed by atoms with E-state index in [0.29, 0.717) is 36.0 Å². The van der Waals surface area contributed by atoms with Crippen LogP contribution in [0.25, 0.3) is 0 Å². The number of carbonyl (C=O) groups is 18. The summed E-state index contributed by atoms with van der Waals surface area (Å²) in [6.45, 7) is 6.92. The number of carboxylic acids is 2. The van der Waals surface area contributed by atoms with Crippen LogP contribution in [0.1, 0.15) is 142 Å². The molecule has 44 heteroatoms. The van der Waals surface area contributed by atoms with E-state index in [1.807, 2.05) is 0 Å². The van der Waals surface area contributed by atoms with Gasteiger partial charge in [-0.1, -0.05) is 133 Å². The molecule has 0 saturated carbocycles. The lowest BCUT2D eigenvalue weighted by molar-refractivity contribution is -0.142. The standard InChI is InChI=1S/C83H127N21O23/c1-45(2)36-56(74(119)95-55(31-32-65(110)111)70(115)90-41-64(109)92-61(42-105)79(124)98-59(39-51-26-15-10-16-27-51)77(122)100-60(40-66(112)113)78(123)104-68(47(5)6)82(127)102-63(44-107)81(126)103-67(46(3)4)69(86)114)96-72(117)53(28-17-19-33-84)94-75(120)57(37-49-22-11-8-12-23-49)97-76(121)58(38-50-24-13-9-14-25-50)99-80(125)62(43-106)101-73(118)54(29-18-20-34-85)93-71(116)52(91-48(7)108)30-21-35-89-83(87)88/h8-16,22-27,45-47,52-63,67-68,105-107H,17-21,28-44,84-85H2,1-7H3,(H2,86,114)(H,90,115)(H,91,108)(H,92,109)(H,93,116)(H,94,120)(H,95,119)(H,96,117)(H,97,121)(H,98,124)(H,99,125)(H,100,122)(H,101,118)(H,102,127)(H,103,126)(H,104,123)(H,110,111)(H,112,113)(H4,87,88,89)/t52-,53-,54-,55-,56-,57-,58-,59-,60-,61-,62-,63-,67-,68-/m0/s1. The van der Waals surface area contributed by atoms with E-state index in [4.69, 9.17) is 28.3 Å². The highest BCUT2D eigenvalue weighted by atomic mass is 16.4. The number of carboxylic acid groups (broad SMARTS) is 2. The monoisotopic (exact) mass is 1790 g/mol. The van der Waals surface area contributed by atoms with Crippen molar-refractivity contribution in [2.24, 2.45) is 40.7 Å². The number of nitrogens with two attached hydrogens (primary N) is 4. The SMILES string of the molecule is CC(=O)N[C@@H](CCCNC(=N)N)C(=O)N[C@@H](CCCCN)C(=O)N[C@@H](CO)C(=O)N[C@@H](Cc1ccccc1)C(=O)N[C@@H](Cc1ccccc1)C(=O)N[C@@H](CCCCN)C(=O)N[C@@H](CC(C)C)C(=O)N[C@@H](CCC(=O)O)C(=O)NCC(=O)N[C@@H](CO)C(=O)N[C@@H](Cc1ccccc1)C(=O)N[C@@H](CC(=O)O)C(=O)N[C@H](C(=O)N[C@@H](CO)C(=O)N[C@H](C(N)=O)C(C)C)C(C)C. The average molecular weight is 1790 g/mol. The number of guanidine groups is 1. The van der Waals surface area contributed by atoms with Crippen molar-refractivity contribution in [3.05, 3.63) is 108 Å². The van der Waals surface area contributed by atoms with E-state index in [9.17, 15) is 112 Å². The predicted octanol–water partition coefficient (Wildman–Crippen LogP) is -6.68. The van der Waals surface area contributed by atoms with Crippen LogP contribution in [0.2, 0.25) is 0 Å². The molecule has 16 amide bonds. The average Bonchev–Trinajstić information content (AvgIpc) is 0.871. The Morgan fingerprint density at radius 1 is 0.346 bits per heavy atom. The van der Waals surface area contributed by atoms with Gasteiger partial charge >= 0.3 is 11.9 Å². The Balaban J connectivity index is 1.92. The summed E-state index contributed by atoms with van der Waals surface area (Å²) in [6, 6.07) is 2.12. The number of hydrogen-bond acceptors (Lipinski definition) is 24. The van der Waals surface area contributed by atoms with E-state index in [-0.39, 0.29) is 83.4 Å². The lowest BCUT2D eigenvalue weighted by Gasteiger charge is -2.28. The molecule has 0 heterocycles. The van der Waals surface area contributed by atoms with Crippen LogP contribution < -0.4 is 108 Å². The minimum atomic E-state index is -1.99. The molecule has 14 atom stereocenters. The maximum Gasteiger partial charge on any atom is 0.305 e. The van der Waals surface area contributed by atoms with Crippen LogP contribution in [-0.4, -0.2) is 269 Å². The molecule has 3 aromatic carbocycles. The number of unbranched alkanes of at least 4 members (excludes halogenated alkanes) is 2. The summed E-state index contributed by atoms with van der Waals surface area (Å²) < 4.78 is 0. The summed E-state index contributed by atoms with van der Waals surface area (Å²) in [7, 11) is 0. The number of aliphatic carboxylic acids is 2. The Morgan fingerprint density at radius 2 is 0.669 bits per heavy atom. The summed E-state index contributed by atoms with van der Waals surface area (Å²) in [5, 5.41) is 97.6. The van der Waals surface area contributed by atoms with Gasteiger partial charge in [0.1, 0.15) is 84.6 Å². The molecule has 0 unspecified atom stereocenters. The maximum absolute atomic E-state index is 15.0. The summed E-state index contributed by atoms with van der Waals surface area (Å²) >= 11 is 0. The minimum absolute atomic E-state index is 0.0121. The third kappa shape index (κ3) is 41.2. The summed E-state index contributed by atoms with van der Waals surface area (Å²) in [5.74, 6) is -21.4. The largest absolute Gasteiger partial charge is 0.481 e. The molecule has 702 valence electrons. The molecule has 0 aliphatic rings. The van der Waals surface area contributed by atoms with Crippen LogP contribution in [0, 0.1) is 23.2 Å². The van der Waals surface area contributed by atoms with Crippen molar-refractivity contribution in [3.8, 4) is 0 Å².